The Bertz CT molecular complexity index is 723. The van der Waals surface area contributed by atoms with Crippen LogP contribution in [0.25, 0.3) is 0 Å². The molecule has 4 amide bonds. The molecule has 146 valence electrons. The molecule has 0 bridgehead atoms. The first-order chi connectivity index (χ1) is 12.9. The summed E-state index contributed by atoms with van der Waals surface area (Å²) < 4.78 is 0. The number of rotatable bonds is 5. The highest BCUT2D eigenvalue weighted by molar-refractivity contribution is 6.10. The number of carbonyl (C=O) groups excluding carboxylic acids is 3. The van der Waals surface area contributed by atoms with Gasteiger partial charge < -0.3 is 10.2 Å². The zero-order chi connectivity index (χ0) is 19.6. The number of anilines is 1. The number of imide groups is 1. The van der Waals surface area contributed by atoms with E-state index in [0.29, 0.717) is 24.4 Å². The van der Waals surface area contributed by atoms with Crippen LogP contribution in [0.15, 0.2) is 24.3 Å². The molecule has 27 heavy (non-hydrogen) atoms. The lowest BCUT2D eigenvalue weighted by Crippen LogP contribution is -2.49. The quantitative estimate of drug-likeness (QED) is 0.802. The molecule has 0 unspecified atom stereocenters. The molecule has 0 radical (unpaired) electrons. The van der Waals surface area contributed by atoms with E-state index in [9.17, 15) is 14.4 Å². The molecule has 1 N–H and O–H groups in total. The Labute approximate surface area is 160 Å². The van der Waals surface area contributed by atoms with Crippen LogP contribution >= 0.6 is 0 Å². The zero-order valence-electron chi connectivity index (χ0n) is 16.5. The molecule has 1 atom stereocenters. The van der Waals surface area contributed by atoms with Crippen LogP contribution < -0.4 is 5.32 Å². The minimum absolute atomic E-state index is 0.225. The van der Waals surface area contributed by atoms with Gasteiger partial charge in [-0.05, 0) is 42.9 Å². The third-order valence-electron chi connectivity index (χ3n) is 6.16. The van der Waals surface area contributed by atoms with Crippen molar-refractivity contribution in [3.8, 4) is 0 Å². The number of carbonyl (C=O) groups is 3. The lowest BCUT2D eigenvalue weighted by Gasteiger charge is -2.35. The van der Waals surface area contributed by atoms with Crippen molar-refractivity contribution in [1.82, 2.24) is 9.80 Å². The van der Waals surface area contributed by atoms with Crippen LogP contribution in [0, 0.1) is 0 Å². The number of benzene rings is 1. The van der Waals surface area contributed by atoms with Crippen molar-refractivity contribution in [1.29, 1.82) is 0 Å². The van der Waals surface area contributed by atoms with E-state index < -0.39 is 5.54 Å². The highest BCUT2D eigenvalue weighted by atomic mass is 16.2. The molecule has 0 aromatic heterocycles. The molecule has 1 spiro atoms. The van der Waals surface area contributed by atoms with Gasteiger partial charge in [0, 0.05) is 12.7 Å². The summed E-state index contributed by atoms with van der Waals surface area (Å²) in [5.74, 6) is -0.108. The maximum Gasteiger partial charge on any atom is 0.327 e. The first-order valence-electron chi connectivity index (χ1n) is 9.88. The van der Waals surface area contributed by atoms with Crippen LogP contribution in [0.3, 0.4) is 0 Å². The van der Waals surface area contributed by atoms with Crippen molar-refractivity contribution in [3.63, 3.8) is 0 Å². The molecule has 1 aromatic rings. The minimum atomic E-state index is -0.743. The monoisotopic (exact) mass is 371 g/mol. The predicted molar refractivity (Wildman–Crippen MR) is 104 cm³/mol. The third-order valence-corrected chi connectivity index (χ3v) is 6.16. The lowest BCUT2D eigenvalue weighted by atomic mass is 9.81. The summed E-state index contributed by atoms with van der Waals surface area (Å²) >= 11 is 0. The second kappa shape index (κ2) is 7.71. The fraction of sp³-hybridized carbons (Fsp3) is 0.571. The summed E-state index contributed by atoms with van der Waals surface area (Å²) in [6.45, 7) is 4.06. The van der Waals surface area contributed by atoms with E-state index in [4.69, 9.17) is 0 Å². The summed E-state index contributed by atoms with van der Waals surface area (Å²) in [5, 5.41) is 2.80. The molecule has 1 aromatic carbocycles. The Hall–Kier alpha value is -2.37. The van der Waals surface area contributed by atoms with Gasteiger partial charge in [-0.3, -0.25) is 14.5 Å². The van der Waals surface area contributed by atoms with E-state index in [1.165, 1.54) is 5.56 Å². The number of nitrogens with zero attached hydrogens (tertiary/aromatic N) is 2. The SMILES string of the molecule is CC[C@@H](C)c1ccc(NC(=O)CN2C(=O)N(C)C3(CCCCC3)C2=O)cc1. The van der Waals surface area contributed by atoms with Gasteiger partial charge in [-0.25, -0.2) is 4.79 Å². The standard InChI is InChI=1S/C21H29N3O3/c1-4-15(2)16-8-10-17(11-9-16)22-18(25)14-24-19(26)21(23(3)20(24)27)12-6-5-7-13-21/h8-11,15H,4-7,12-14H2,1-3H3,(H,22,25)/t15-/m1/s1. The molecule has 2 aliphatic rings. The summed E-state index contributed by atoms with van der Waals surface area (Å²) in [7, 11) is 1.68. The number of amides is 4. The number of nitrogens with one attached hydrogen (secondary N) is 1. The molecule has 1 heterocycles. The first-order valence-corrected chi connectivity index (χ1v) is 9.88. The van der Waals surface area contributed by atoms with Crippen LogP contribution in [-0.2, 0) is 9.59 Å². The fourth-order valence-corrected chi connectivity index (χ4v) is 4.15. The summed E-state index contributed by atoms with van der Waals surface area (Å²) in [6, 6.07) is 7.36. The lowest BCUT2D eigenvalue weighted by molar-refractivity contribution is -0.136. The molecule has 1 saturated heterocycles. The Balaban J connectivity index is 1.65. The molecule has 1 saturated carbocycles. The topological polar surface area (TPSA) is 69.7 Å². The first kappa shape index (κ1) is 19.4. The Morgan fingerprint density at radius 2 is 1.78 bits per heavy atom. The number of hydrogen-bond acceptors (Lipinski definition) is 3. The van der Waals surface area contributed by atoms with E-state index in [0.717, 1.165) is 30.6 Å². The number of likely N-dealkylation sites (N-methyl/N-ethyl adjacent to an activating group) is 1. The van der Waals surface area contributed by atoms with Crippen molar-refractivity contribution >= 4 is 23.5 Å². The minimum Gasteiger partial charge on any atom is -0.325 e. The number of hydrogen-bond donors (Lipinski definition) is 1. The van der Waals surface area contributed by atoms with E-state index in [1.54, 1.807) is 11.9 Å². The van der Waals surface area contributed by atoms with Crippen molar-refractivity contribution < 1.29 is 14.4 Å². The van der Waals surface area contributed by atoms with Gasteiger partial charge in [0.25, 0.3) is 5.91 Å². The molecule has 1 aliphatic carbocycles. The smallest absolute Gasteiger partial charge is 0.325 e. The third kappa shape index (κ3) is 3.57. The molecule has 1 aliphatic heterocycles. The van der Waals surface area contributed by atoms with Gasteiger partial charge in [0.1, 0.15) is 12.1 Å². The van der Waals surface area contributed by atoms with E-state index in [-0.39, 0.29) is 24.4 Å². The maximum atomic E-state index is 12.9. The molecular weight excluding hydrogens is 342 g/mol. The second-order valence-corrected chi connectivity index (χ2v) is 7.80. The Kier molecular flexibility index (Phi) is 5.53. The van der Waals surface area contributed by atoms with Gasteiger partial charge in [0.05, 0.1) is 0 Å². The van der Waals surface area contributed by atoms with Crippen LogP contribution in [0.4, 0.5) is 10.5 Å². The molecule has 6 heteroatoms. The van der Waals surface area contributed by atoms with Crippen molar-refractivity contribution in [2.45, 2.75) is 63.8 Å². The van der Waals surface area contributed by atoms with E-state index in [2.05, 4.69) is 19.2 Å². The van der Waals surface area contributed by atoms with Gasteiger partial charge in [-0.1, -0.05) is 45.2 Å². The average Bonchev–Trinajstić information content (AvgIpc) is 2.85. The largest absolute Gasteiger partial charge is 0.327 e. The van der Waals surface area contributed by atoms with Crippen LogP contribution in [-0.4, -0.2) is 46.8 Å². The van der Waals surface area contributed by atoms with E-state index in [1.807, 2.05) is 24.3 Å². The molecular formula is C21H29N3O3. The summed E-state index contributed by atoms with van der Waals surface area (Å²) in [6.07, 6.45) is 5.38. The number of urea groups is 1. The van der Waals surface area contributed by atoms with Crippen molar-refractivity contribution in [2.75, 3.05) is 18.9 Å². The molecule has 2 fully saturated rings. The second-order valence-electron chi connectivity index (χ2n) is 7.80. The zero-order valence-corrected chi connectivity index (χ0v) is 16.5. The summed E-state index contributed by atoms with van der Waals surface area (Å²) in [4.78, 5) is 40.6. The van der Waals surface area contributed by atoms with Crippen LogP contribution in [0.5, 0.6) is 0 Å². The Morgan fingerprint density at radius 1 is 1.15 bits per heavy atom. The average molecular weight is 371 g/mol. The van der Waals surface area contributed by atoms with Crippen LogP contribution in [0.2, 0.25) is 0 Å². The summed E-state index contributed by atoms with van der Waals surface area (Å²) in [5.41, 5.74) is 1.15. The molecule has 6 nitrogen and oxygen atoms in total. The Morgan fingerprint density at radius 3 is 2.37 bits per heavy atom. The van der Waals surface area contributed by atoms with Gasteiger partial charge in [-0.2, -0.15) is 0 Å². The van der Waals surface area contributed by atoms with Gasteiger partial charge in [0.15, 0.2) is 0 Å². The molecule has 3 rings (SSSR count). The van der Waals surface area contributed by atoms with Crippen molar-refractivity contribution in [3.05, 3.63) is 29.8 Å². The normalized spacial score (nSPS) is 20.3. The van der Waals surface area contributed by atoms with Gasteiger partial charge >= 0.3 is 6.03 Å². The van der Waals surface area contributed by atoms with Crippen LogP contribution in [0.1, 0.15) is 63.9 Å². The maximum absolute atomic E-state index is 12.9. The van der Waals surface area contributed by atoms with Gasteiger partial charge in [0.2, 0.25) is 5.91 Å². The van der Waals surface area contributed by atoms with Crippen molar-refractivity contribution in [2.24, 2.45) is 0 Å². The van der Waals surface area contributed by atoms with E-state index >= 15 is 0 Å². The highest BCUT2D eigenvalue weighted by Gasteiger charge is 2.55. The highest BCUT2D eigenvalue weighted by Crippen LogP contribution is 2.39. The van der Waals surface area contributed by atoms with Gasteiger partial charge in [-0.15, -0.1) is 0 Å². The predicted octanol–water partition coefficient (Wildman–Crippen LogP) is 3.74. The fourth-order valence-electron chi connectivity index (χ4n) is 4.15.